The van der Waals surface area contributed by atoms with Crippen molar-refractivity contribution in [2.45, 2.75) is 116 Å². The molecule has 27 heavy (non-hydrogen) atoms. The highest BCUT2D eigenvalue weighted by molar-refractivity contribution is 5.74. The summed E-state index contributed by atoms with van der Waals surface area (Å²) in [6, 6.07) is 0. The number of terminal acetylenes is 1. The van der Waals surface area contributed by atoms with Crippen LogP contribution in [0.2, 0.25) is 0 Å². The Morgan fingerprint density at radius 1 is 1.07 bits per heavy atom. The highest BCUT2D eigenvalue weighted by Crippen LogP contribution is 2.29. The maximum absolute atomic E-state index is 12.2. The monoisotopic (exact) mass is 380 g/mol. The van der Waals surface area contributed by atoms with Crippen LogP contribution in [0.4, 0.5) is 0 Å². The van der Waals surface area contributed by atoms with Crippen LogP contribution in [0, 0.1) is 18.3 Å². The van der Waals surface area contributed by atoms with E-state index in [1.165, 1.54) is 25.7 Å². The lowest BCUT2D eigenvalue weighted by atomic mass is 9.95. The molecular weight excluding hydrogens is 340 g/mol. The van der Waals surface area contributed by atoms with Gasteiger partial charge in [-0.05, 0) is 59.8 Å². The molecule has 1 aliphatic rings. The average molecular weight is 381 g/mol. The number of cyclic esters (lactones) is 1. The maximum Gasteiger partial charge on any atom is 0.309 e. The summed E-state index contributed by atoms with van der Waals surface area (Å²) in [5, 5.41) is 0. The van der Waals surface area contributed by atoms with E-state index in [0.717, 1.165) is 32.1 Å². The quantitative estimate of drug-likeness (QED) is 0.220. The van der Waals surface area contributed by atoms with Gasteiger partial charge in [0.25, 0.3) is 0 Å². The smallest absolute Gasteiger partial charge is 0.309 e. The molecule has 0 amide bonds. The van der Waals surface area contributed by atoms with E-state index in [4.69, 9.17) is 20.6 Å². The first-order valence-electron chi connectivity index (χ1n) is 10.8. The zero-order valence-corrected chi connectivity index (χ0v) is 17.9. The van der Waals surface area contributed by atoms with Crippen molar-refractivity contribution in [2.24, 2.45) is 5.92 Å². The zero-order valence-electron chi connectivity index (χ0n) is 17.9. The van der Waals surface area contributed by atoms with E-state index in [1.54, 1.807) is 0 Å². The SMILES string of the molecule is C#CCCCCCCCC[C@H]1C[C@H](C[C@H](COC(C)C)OC(C)C)C(=O)O1. The summed E-state index contributed by atoms with van der Waals surface area (Å²) in [7, 11) is 0. The standard InChI is InChI=1S/C23H40O4/c1-6-7-8-9-10-11-12-13-14-21-15-20(23(24)27-21)16-22(26-19(4)5)17-25-18(2)3/h1,18-22H,7-17H2,2-5H3/t20-,21+,22-/m1/s1. The summed E-state index contributed by atoms with van der Waals surface area (Å²) in [4.78, 5) is 12.2. The van der Waals surface area contributed by atoms with Gasteiger partial charge in [-0.15, -0.1) is 12.3 Å². The van der Waals surface area contributed by atoms with E-state index in [1.807, 2.05) is 27.7 Å². The van der Waals surface area contributed by atoms with Crippen LogP contribution in [0.1, 0.15) is 91.9 Å². The van der Waals surface area contributed by atoms with E-state index in [9.17, 15) is 4.79 Å². The molecule has 4 heteroatoms. The minimum absolute atomic E-state index is 0.0493. The lowest BCUT2D eigenvalue weighted by Crippen LogP contribution is -2.29. The van der Waals surface area contributed by atoms with Crippen molar-refractivity contribution >= 4 is 5.97 Å². The average Bonchev–Trinajstić information content (AvgIpc) is 2.94. The Labute approximate surface area is 166 Å². The van der Waals surface area contributed by atoms with Crippen LogP contribution < -0.4 is 0 Å². The topological polar surface area (TPSA) is 44.8 Å². The molecule has 1 fully saturated rings. The molecule has 3 atom stereocenters. The van der Waals surface area contributed by atoms with Crippen LogP contribution in [-0.4, -0.2) is 37.0 Å². The molecule has 1 aliphatic heterocycles. The number of hydrogen-bond acceptors (Lipinski definition) is 4. The van der Waals surface area contributed by atoms with Crippen molar-refractivity contribution in [3.63, 3.8) is 0 Å². The highest BCUT2D eigenvalue weighted by Gasteiger charge is 2.36. The lowest BCUT2D eigenvalue weighted by molar-refractivity contribution is -0.146. The molecule has 0 N–H and O–H groups in total. The van der Waals surface area contributed by atoms with E-state index in [-0.39, 0.29) is 36.3 Å². The lowest BCUT2D eigenvalue weighted by Gasteiger charge is -2.23. The van der Waals surface area contributed by atoms with Crippen molar-refractivity contribution in [3.05, 3.63) is 0 Å². The van der Waals surface area contributed by atoms with Gasteiger partial charge in [0.05, 0.1) is 30.8 Å². The third-order valence-electron chi connectivity index (χ3n) is 4.89. The highest BCUT2D eigenvalue weighted by atomic mass is 16.6. The second kappa shape index (κ2) is 14.0. The van der Waals surface area contributed by atoms with Crippen LogP contribution in [0.3, 0.4) is 0 Å². The van der Waals surface area contributed by atoms with E-state index in [0.29, 0.717) is 13.0 Å². The molecule has 0 radical (unpaired) electrons. The summed E-state index contributed by atoms with van der Waals surface area (Å²) >= 11 is 0. The van der Waals surface area contributed by atoms with Gasteiger partial charge in [0.15, 0.2) is 0 Å². The number of ether oxygens (including phenoxy) is 3. The van der Waals surface area contributed by atoms with Crippen molar-refractivity contribution in [3.8, 4) is 12.3 Å². The number of carbonyl (C=O) groups excluding carboxylic acids is 1. The number of unbranched alkanes of at least 4 members (excludes halogenated alkanes) is 6. The minimum Gasteiger partial charge on any atom is -0.462 e. The van der Waals surface area contributed by atoms with E-state index >= 15 is 0 Å². The number of rotatable bonds is 15. The summed E-state index contributed by atoms with van der Waals surface area (Å²) in [5.41, 5.74) is 0. The van der Waals surface area contributed by atoms with Gasteiger partial charge in [-0.25, -0.2) is 0 Å². The second-order valence-corrected chi connectivity index (χ2v) is 8.28. The summed E-state index contributed by atoms with van der Waals surface area (Å²) < 4.78 is 17.3. The molecule has 0 unspecified atom stereocenters. The maximum atomic E-state index is 12.2. The molecule has 0 aliphatic carbocycles. The van der Waals surface area contributed by atoms with Gasteiger partial charge in [-0.1, -0.05) is 25.7 Å². The number of esters is 1. The van der Waals surface area contributed by atoms with Crippen molar-refractivity contribution in [1.29, 1.82) is 0 Å². The van der Waals surface area contributed by atoms with Gasteiger partial charge < -0.3 is 14.2 Å². The zero-order chi connectivity index (χ0) is 20.1. The second-order valence-electron chi connectivity index (χ2n) is 8.28. The molecule has 1 rings (SSSR count). The Hall–Kier alpha value is -1.05. The first kappa shape index (κ1) is 24.0. The van der Waals surface area contributed by atoms with Crippen molar-refractivity contribution in [1.82, 2.24) is 0 Å². The van der Waals surface area contributed by atoms with Gasteiger partial charge >= 0.3 is 5.97 Å². The fourth-order valence-electron chi connectivity index (χ4n) is 3.56. The molecule has 156 valence electrons. The van der Waals surface area contributed by atoms with Gasteiger partial charge in [0.2, 0.25) is 0 Å². The fourth-order valence-corrected chi connectivity index (χ4v) is 3.56. The predicted molar refractivity (Wildman–Crippen MR) is 109 cm³/mol. The van der Waals surface area contributed by atoms with Crippen LogP contribution >= 0.6 is 0 Å². The van der Waals surface area contributed by atoms with Gasteiger partial charge in [-0.3, -0.25) is 4.79 Å². The van der Waals surface area contributed by atoms with Gasteiger partial charge in [-0.2, -0.15) is 0 Å². The first-order chi connectivity index (χ1) is 12.9. The molecule has 0 bridgehead atoms. The van der Waals surface area contributed by atoms with Crippen molar-refractivity contribution in [2.75, 3.05) is 6.61 Å². The third-order valence-corrected chi connectivity index (χ3v) is 4.89. The van der Waals surface area contributed by atoms with Crippen LogP contribution in [-0.2, 0) is 19.0 Å². The Kier molecular flexibility index (Phi) is 12.5. The Bertz CT molecular complexity index is 438. The molecule has 0 saturated carbocycles. The Balaban J connectivity index is 2.25. The van der Waals surface area contributed by atoms with Crippen LogP contribution in [0.15, 0.2) is 0 Å². The first-order valence-corrected chi connectivity index (χ1v) is 10.8. The van der Waals surface area contributed by atoms with Crippen LogP contribution in [0.25, 0.3) is 0 Å². The van der Waals surface area contributed by atoms with E-state index < -0.39 is 0 Å². The summed E-state index contributed by atoms with van der Waals surface area (Å²) in [6.45, 7) is 8.60. The predicted octanol–water partition coefficient (Wildman–Crippen LogP) is 5.28. The number of hydrogen-bond donors (Lipinski definition) is 0. The van der Waals surface area contributed by atoms with Gasteiger partial charge in [0.1, 0.15) is 6.10 Å². The fraction of sp³-hybridized carbons (Fsp3) is 0.870. The molecule has 4 nitrogen and oxygen atoms in total. The summed E-state index contributed by atoms with van der Waals surface area (Å²) in [6.07, 6.45) is 16.1. The van der Waals surface area contributed by atoms with Crippen LogP contribution in [0.5, 0.6) is 0 Å². The molecule has 0 aromatic heterocycles. The number of carbonyl (C=O) groups is 1. The van der Waals surface area contributed by atoms with E-state index in [2.05, 4.69) is 5.92 Å². The normalized spacial score (nSPS) is 20.9. The van der Waals surface area contributed by atoms with Gasteiger partial charge in [0, 0.05) is 6.42 Å². The van der Waals surface area contributed by atoms with Crippen molar-refractivity contribution < 1.29 is 19.0 Å². The molecule has 1 saturated heterocycles. The molecule has 0 aromatic carbocycles. The largest absolute Gasteiger partial charge is 0.462 e. The molecule has 1 heterocycles. The third kappa shape index (κ3) is 11.4. The Morgan fingerprint density at radius 3 is 2.37 bits per heavy atom. The molecular formula is C23H40O4. The molecule has 0 spiro atoms. The molecule has 0 aromatic rings. The Morgan fingerprint density at radius 2 is 1.74 bits per heavy atom. The minimum atomic E-state index is -0.0591. The summed E-state index contributed by atoms with van der Waals surface area (Å²) in [5.74, 6) is 2.57.